The van der Waals surface area contributed by atoms with Crippen molar-refractivity contribution < 1.29 is 0 Å². The topological polar surface area (TPSA) is 26.0 Å². The molecule has 0 amide bonds. The highest BCUT2D eigenvalue weighted by Crippen LogP contribution is 2.15. The number of rotatable bonds is 7. The van der Waals surface area contributed by atoms with Crippen molar-refractivity contribution in [2.75, 3.05) is 11.5 Å². The van der Waals surface area contributed by atoms with Crippen LogP contribution in [-0.2, 0) is 0 Å². The molecule has 12 heavy (non-hydrogen) atoms. The van der Waals surface area contributed by atoms with Gasteiger partial charge in [0, 0.05) is 11.8 Å². The molecule has 1 atom stereocenters. The molecule has 2 N–H and O–H groups in total. The zero-order valence-corrected chi connectivity index (χ0v) is 9.49. The SMILES string of the molecule is CCC(N)CSCC(CC)CC. The Morgan fingerprint density at radius 1 is 1.00 bits per heavy atom. The Labute approximate surface area is 81.5 Å². The maximum atomic E-state index is 5.82. The summed E-state index contributed by atoms with van der Waals surface area (Å²) in [6, 6.07) is 0.407. The predicted molar refractivity (Wildman–Crippen MR) is 59.7 cm³/mol. The molecule has 74 valence electrons. The van der Waals surface area contributed by atoms with Crippen LogP contribution in [0.5, 0.6) is 0 Å². The van der Waals surface area contributed by atoms with Crippen LogP contribution >= 0.6 is 11.8 Å². The lowest BCUT2D eigenvalue weighted by molar-refractivity contribution is 0.553. The van der Waals surface area contributed by atoms with Crippen molar-refractivity contribution in [1.82, 2.24) is 0 Å². The second-order valence-electron chi connectivity index (χ2n) is 3.39. The van der Waals surface area contributed by atoms with Gasteiger partial charge in [-0.3, -0.25) is 0 Å². The molecule has 0 spiro atoms. The standard InChI is InChI=1S/C10H23NS/c1-4-9(5-2)7-12-8-10(11)6-3/h9-10H,4-8,11H2,1-3H3. The van der Waals surface area contributed by atoms with Gasteiger partial charge in [-0.25, -0.2) is 0 Å². The van der Waals surface area contributed by atoms with E-state index < -0.39 is 0 Å². The Morgan fingerprint density at radius 2 is 1.58 bits per heavy atom. The molecule has 1 nitrogen and oxygen atoms in total. The van der Waals surface area contributed by atoms with Gasteiger partial charge in [0.25, 0.3) is 0 Å². The van der Waals surface area contributed by atoms with E-state index in [4.69, 9.17) is 5.73 Å². The highest BCUT2D eigenvalue weighted by Gasteiger charge is 2.04. The summed E-state index contributed by atoms with van der Waals surface area (Å²) in [5.74, 6) is 3.33. The summed E-state index contributed by atoms with van der Waals surface area (Å²) in [5.41, 5.74) is 5.82. The molecular weight excluding hydrogens is 166 g/mol. The van der Waals surface area contributed by atoms with Gasteiger partial charge in [-0.05, 0) is 18.1 Å². The summed E-state index contributed by atoms with van der Waals surface area (Å²) >= 11 is 2.02. The molecule has 0 bridgehead atoms. The second-order valence-corrected chi connectivity index (χ2v) is 4.46. The fourth-order valence-corrected chi connectivity index (χ4v) is 2.51. The van der Waals surface area contributed by atoms with E-state index in [9.17, 15) is 0 Å². The Bertz CT molecular complexity index is 91.8. The summed E-state index contributed by atoms with van der Waals surface area (Å²) in [6.45, 7) is 6.70. The largest absolute Gasteiger partial charge is 0.327 e. The summed E-state index contributed by atoms with van der Waals surface area (Å²) in [6.07, 6.45) is 3.73. The lowest BCUT2D eigenvalue weighted by Crippen LogP contribution is -2.22. The van der Waals surface area contributed by atoms with Crippen molar-refractivity contribution in [3.05, 3.63) is 0 Å². The Hall–Kier alpha value is 0.310. The highest BCUT2D eigenvalue weighted by molar-refractivity contribution is 7.99. The zero-order valence-electron chi connectivity index (χ0n) is 8.68. The maximum absolute atomic E-state index is 5.82. The first-order chi connectivity index (χ1) is 5.74. The van der Waals surface area contributed by atoms with Crippen LogP contribution in [0.3, 0.4) is 0 Å². The summed E-state index contributed by atoms with van der Waals surface area (Å²) in [4.78, 5) is 0. The minimum absolute atomic E-state index is 0.407. The molecule has 0 aromatic carbocycles. The first-order valence-corrected chi connectivity index (χ1v) is 6.23. The quantitative estimate of drug-likeness (QED) is 0.666. The molecule has 0 aliphatic heterocycles. The molecule has 0 saturated heterocycles. The van der Waals surface area contributed by atoms with Crippen LogP contribution in [-0.4, -0.2) is 17.5 Å². The molecule has 0 fully saturated rings. The third-order valence-electron chi connectivity index (χ3n) is 2.36. The van der Waals surface area contributed by atoms with E-state index in [0.717, 1.165) is 18.1 Å². The zero-order chi connectivity index (χ0) is 9.40. The first-order valence-electron chi connectivity index (χ1n) is 5.07. The summed E-state index contributed by atoms with van der Waals surface area (Å²) in [5, 5.41) is 0. The second kappa shape index (κ2) is 7.93. The van der Waals surface area contributed by atoms with Gasteiger partial charge >= 0.3 is 0 Å². The Morgan fingerprint density at radius 3 is 2.00 bits per heavy atom. The molecule has 0 aliphatic rings. The van der Waals surface area contributed by atoms with E-state index in [0.29, 0.717) is 6.04 Å². The minimum atomic E-state index is 0.407. The molecule has 0 aliphatic carbocycles. The van der Waals surface area contributed by atoms with E-state index in [1.807, 2.05) is 11.8 Å². The van der Waals surface area contributed by atoms with Gasteiger partial charge in [0.05, 0.1) is 0 Å². The fraction of sp³-hybridized carbons (Fsp3) is 1.00. The van der Waals surface area contributed by atoms with E-state index in [-0.39, 0.29) is 0 Å². The lowest BCUT2D eigenvalue weighted by Gasteiger charge is -2.13. The van der Waals surface area contributed by atoms with E-state index >= 15 is 0 Å². The van der Waals surface area contributed by atoms with Crippen molar-refractivity contribution in [2.24, 2.45) is 11.7 Å². The number of hydrogen-bond acceptors (Lipinski definition) is 2. The van der Waals surface area contributed by atoms with Crippen LogP contribution in [0, 0.1) is 5.92 Å². The average molecular weight is 189 g/mol. The molecule has 2 heteroatoms. The monoisotopic (exact) mass is 189 g/mol. The molecule has 0 rings (SSSR count). The summed E-state index contributed by atoms with van der Waals surface area (Å²) < 4.78 is 0. The highest BCUT2D eigenvalue weighted by atomic mass is 32.2. The van der Waals surface area contributed by atoms with E-state index in [1.165, 1.54) is 18.6 Å². The third-order valence-corrected chi connectivity index (χ3v) is 3.74. The van der Waals surface area contributed by atoms with Crippen LogP contribution in [0.1, 0.15) is 40.0 Å². The smallest absolute Gasteiger partial charge is 0.0127 e. The van der Waals surface area contributed by atoms with Crippen molar-refractivity contribution in [2.45, 2.75) is 46.1 Å². The maximum Gasteiger partial charge on any atom is 0.0127 e. The summed E-state index contributed by atoms with van der Waals surface area (Å²) in [7, 11) is 0. The fourth-order valence-electron chi connectivity index (χ4n) is 1.03. The Balaban J connectivity index is 3.28. The van der Waals surface area contributed by atoms with Crippen molar-refractivity contribution in [1.29, 1.82) is 0 Å². The van der Waals surface area contributed by atoms with Crippen molar-refractivity contribution >= 4 is 11.8 Å². The normalized spacial score (nSPS) is 13.8. The predicted octanol–water partition coefficient (Wildman–Crippen LogP) is 2.89. The van der Waals surface area contributed by atoms with Gasteiger partial charge in [0.2, 0.25) is 0 Å². The van der Waals surface area contributed by atoms with Crippen LogP contribution in [0.25, 0.3) is 0 Å². The number of thioether (sulfide) groups is 1. The molecule has 0 aromatic rings. The van der Waals surface area contributed by atoms with Crippen LogP contribution in [0.4, 0.5) is 0 Å². The lowest BCUT2D eigenvalue weighted by atomic mass is 10.1. The average Bonchev–Trinajstić information content (AvgIpc) is 2.12. The van der Waals surface area contributed by atoms with Gasteiger partial charge in [0.1, 0.15) is 0 Å². The molecule has 0 saturated carbocycles. The van der Waals surface area contributed by atoms with Gasteiger partial charge in [-0.15, -0.1) is 0 Å². The van der Waals surface area contributed by atoms with Crippen molar-refractivity contribution in [3.8, 4) is 0 Å². The molecular formula is C10H23NS. The molecule has 0 radical (unpaired) electrons. The van der Waals surface area contributed by atoms with E-state index in [2.05, 4.69) is 20.8 Å². The van der Waals surface area contributed by atoms with Gasteiger partial charge in [-0.2, -0.15) is 11.8 Å². The minimum Gasteiger partial charge on any atom is -0.327 e. The van der Waals surface area contributed by atoms with Gasteiger partial charge in [0.15, 0.2) is 0 Å². The molecule has 0 aromatic heterocycles. The number of nitrogens with two attached hydrogens (primary N) is 1. The van der Waals surface area contributed by atoms with Gasteiger partial charge < -0.3 is 5.73 Å². The third kappa shape index (κ3) is 5.90. The molecule has 1 unspecified atom stereocenters. The number of hydrogen-bond donors (Lipinski definition) is 1. The first kappa shape index (κ1) is 12.3. The van der Waals surface area contributed by atoms with Crippen molar-refractivity contribution in [3.63, 3.8) is 0 Å². The van der Waals surface area contributed by atoms with E-state index in [1.54, 1.807) is 0 Å². The van der Waals surface area contributed by atoms with Crippen LogP contribution < -0.4 is 5.73 Å². The van der Waals surface area contributed by atoms with Gasteiger partial charge in [-0.1, -0.05) is 33.6 Å². The van der Waals surface area contributed by atoms with Crippen LogP contribution in [0.15, 0.2) is 0 Å². The van der Waals surface area contributed by atoms with Crippen LogP contribution in [0.2, 0.25) is 0 Å². The molecule has 0 heterocycles. The Kier molecular flexibility index (Phi) is 8.14.